The van der Waals surface area contributed by atoms with Crippen molar-refractivity contribution in [3.05, 3.63) is 0 Å². The van der Waals surface area contributed by atoms with Gasteiger partial charge in [-0.2, -0.15) is 0 Å². The molecule has 0 aromatic carbocycles. The maximum atomic E-state index is 12.0. The Hall–Kier alpha value is -1.59. The van der Waals surface area contributed by atoms with Crippen LogP contribution in [0.2, 0.25) is 0 Å². The highest BCUT2D eigenvalue weighted by atomic mass is 16.2. The molecule has 1 aliphatic heterocycles. The lowest BCUT2D eigenvalue weighted by Crippen LogP contribution is -2.43. The Morgan fingerprint density at radius 2 is 1.86 bits per heavy atom. The maximum absolute atomic E-state index is 12.0. The van der Waals surface area contributed by atoms with E-state index in [0.29, 0.717) is 26.1 Å². The van der Waals surface area contributed by atoms with E-state index in [4.69, 9.17) is 0 Å². The fourth-order valence-electron chi connectivity index (χ4n) is 2.38. The Morgan fingerprint density at radius 1 is 1.24 bits per heavy atom. The largest absolute Gasteiger partial charge is 0.354 e. The Labute approximate surface area is 126 Å². The fraction of sp³-hybridized carbons (Fsp3) is 0.800. The molecule has 0 aliphatic carbocycles. The van der Waals surface area contributed by atoms with Gasteiger partial charge in [-0.1, -0.05) is 6.92 Å². The second-order valence-corrected chi connectivity index (χ2v) is 6.47. The van der Waals surface area contributed by atoms with E-state index in [1.165, 1.54) is 0 Å². The molecule has 3 amide bonds. The van der Waals surface area contributed by atoms with E-state index in [-0.39, 0.29) is 35.6 Å². The summed E-state index contributed by atoms with van der Waals surface area (Å²) in [5, 5.41) is 5.52. The van der Waals surface area contributed by atoms with Crippen LogP contribution in [0.5, 0.6) is 0 Å². The molecule has 1 fully saturated rings. The molecule has 1 rings (SSSR count). The molecule has 6 heteroatoms. The van der Waals surface area contributed by atoms with Crippen LogP contribution in [-0.2, 0) is 14.4 Å². The summed E-state index contributed by atoms with van der Waals surface area (Å²) in [5.74, 6) is -0.372. The van der Waals surface area contributed by atoms with Crippen molar-refractivity contribution in [1.82, 2.24) is 15.5 Å². The van der Waals surface area contributed by atoms with E-state index in [1.54, 1.807) is 4.90 Å². The highest BCUT2D eigenvalue weighted by Crippen LogP contribution is 2.25. The van der Waals surface area contributed by atoms with Crippen LogP contribution in [0, 0.1) is 5.92 Å². The second kappa shape index (κ2) is 7.43. The van der Waals surface area contributed by atoms with Crippen molar-refractivity contribution < 1.29 is 14.4 Å². The van der Waals surface area contributed by atoms with Crippen LogP contribution < -0.4 is 10.6 Å². The summed E-state index contributed by atoms with van der Waals surface area (Å²) in [4.78, 5) is 37.0. The van der Waals surface area contributed by atoms with Gasteiger partial charge in [-0.15, -0.1) is 0 Å². The van der Waals surface area contributed by atoms with Crippen molar-refractivity contribution >= 4 is 17.7 Å². The summed E-state index contributed by atoms with van der Waals surface area (Å²) in [5.41, 5.74) is -0.250. The third-order valence-corrected chi connectivity index (χ3v) is 3.53. The lowest BCUT2D eigenvalue weighted by molar-refractivity contribution is -0.132. The van der Waals surface area contributed by atoms with Gasteiger partial charge in [0.25, 0.3) is 0 Å². The smallest absolute Gasteiger partial charge is 0.225 e. The van der Waals surface area contributed by atoms with Crippen LogP contribution in [-0.4, -0.2) is 47.8 Å². The van der Waals surface area contributed by atoms with Gasteiger partial charge in [0, 0.05) is 38.0 Å². The van der Waals surface area contributed by atoms with Crippen LogP contribution >= 0.6 is 0 Å². The average molecular weight is 297 g/mol. The molecule has 0 bridgehead atoms. The van der Waals surface area contributed by atoms with Gasteiger partial charge >= 0.3 is 0 Å². The molecule has 6 nitrogen and oxygen atoms in total. The van der Waals surface area contributed by atoms with Gasteiger partial charge in [0.2, 0.25) is 17.7 Å². The quantitative estimate of drug-likeness (QED) is 0.707. The number of hydrogen-bond donors (Lipinski definition) is 2. The molecule has 120 valence electrons. The summed E-state index contributed by atoms with van der Waals surface area (Å²) < 4.78 is 0. The SMILES string of the molecule is CCCC(=O)NCCNC(=O)C1CC(=O)N(C(C)(C)C)C1. The van der Waals surface area contributed by atoms with E-state index < -0.39 is 0 Å². The first kappa shape index (κ1) is 17.5. The highest BCUT2D eigenvalue weighted by molar-refractivity contribution is 5.89. The first-order chi connectivity index (χ1) is 9.75. The molecule has 0 saturated carbocycles. The molecule has 2 N–H and O–H groups in total. The number of carbonyl (C=O) groups is 3. The number of carbonyl (C=O) groups excluding carboxylic acids is 3. The molecule has 1 atom stereocenters. The fourth-order valence-corrected chi connectivity index (χ4v) is 2.38. The minimum Gasteiger partial charge on any atom is -0.354 e. The topological polar surface area (TPSA) is 78.5 Å². The van der Waals surface area contributed by atoms with Gasteiger partial charge in [0.15, 0.2) is 0 Å². The molecule has 1 aliphatic rings. The molecular weight excluding hydrogens is 270 g/mol. The van der Waals surface area contributed by atoms with Crippen molar-refractivity contribution in [1.29, 1.82) is 0 Å². The van der Waals surface area contributed by atoms with Crippen LogP contribution in [0.3, 0.4) is 0 Å². The molecule has 1 heterocycles. The highest BCUT2D eigenvalue weighted by Gasteiger charge is 2.39. The maximum Gasteiger partial charge on any atom is 0.225 e. The minimum absolute atomic E-state index is 0.00157. The zero-order valence-electron chi connectivity index (χ0n) is 13.5. The summed E-state index contributed by atoms with van der Waals surface area (Å²) in [6.45, 7) is 9.13. The summed E-state index contributed by atoms with van der Waals surface area (Å²) in [7, 11) is 0. The predicted octanol–water partition coefficient (Wildman–Crippen LogP) is 0.666. The van der Waals surface area contributed by atoms with Gasteiger partial charge in [-0.25, -0.2) is 0 Å². The Kier molecular flexibility index (Phi) is 6.18. The number of likely N-dealkylation sites (tertiary alicyclic amines) is 1. The number of nitrogens with one attached hydrogen (secondary N) is 2. The van der Waals surface area contributed by atoms with Crippen molar-refractivity contribution in [3.63, 3.8) is 0 Å². The number of nitrogens with zero attached hydrogens (tertiary/aromatic N) is 1. The van der Waals surface area contributed by atoms with Crippen molar-refractivity contribution in [2.75, 3.05) is 19.6 Å². The van der Waals surface area contributed by atoms with E-state index in [9.17, 15) is 14.4 Å². The van der Waals surface area contributed by atoms with E-state index in [2.05, 4.69) is 10.6 Å². The molecule has 0 spiro atoms. The number of hydrogen-bond acceptors (Lipinski definition) is 3. The van der Waals surface area contributed by atoms with E-state index >= 15 is 0 Å². The average Bonchev–Trinajstić information content (AvgIpc) is 2.77. The summed E-state index contributed by atoms with van der Waals surface area (Å²) in [6, 6.07) is 0. The molecule has 0 radical (unpaired) electrons. The standard InChI is InChI=1S/C15H27N3O3/c1-5-6-12(19)16-7-8-17-14(21)11-9-13(20)18(10-11)15(2,3)4/h11H,5-10H2,1-4H3,(H,16,19)(H,17,21). The van der Waals surface area contributed by atoms with Crippen molar-refractivity contribution in [2.24, 2.45) is 5.92 Å². The Morgan fingerprint density at radius 3 is 2.38 bits per heavy atom. The third-order valence-electron chi connectivity index (χ3n) is 3.53. The third kappa shape index (κ3) is 5.36. The van der Waals surface area contributed by atoms with Crippen LogP contribution in [0.4, 0.5) is 0 Å². The van der Waals surface area contributed by atoms with Crippen LogP contribution in [0.1, 0.15) is 47.0 Å². The van der Waals surface area contributed by atoms with E-state index in [1.807, 2.05) is 27.7 Å². The molecule has 0 aromatic rings. The van der Waals surface area contributed by atoms with Gasteiger partial charge in [0.05, 0.1) is 5.92 Å². The molecular formula is C15H27N3O3. The first-order valence-corrected chi connectivity index (χ1v) is 7.60. The zero-order chi connectivity index (χ0) is 16.0. The predicted molar refractivity (Wildman–Crippen MR) is 80.5 cm³/mol. The van der Waals surface area contributed by atoms with E-state index in [0.717, 1.165) is 6.42 Å². The van der Waals surface area contributed by atoms with Gasteiger partial charge in [-0.05, 0) is 27.2 Å². The van der Waals surface area contributed by atoms with Crippen molar-refractivity contribution in [3.8, 4) is 0 Å². The summed E-state index contributed by atoms with van der Waals surface area (Å²) >= 11 is 0. The molecule has 0 aromatic heterocycles. The van der Waals surface area contributed by atoms with Crippen LogP contribution in [0.25, 0.3) is 0 Å². The van der Waals surface area contributed by atoms with Gasteiger partial charge < -0.3 is 15.5 Å². The zero-order valence-corrected chi connectivity index (χ0v) is 13.5. The lowest BCUT2D eigenvalue weighted by Gasteiger charge is -2.31. The lowest BCUT2D eigenvalue weighted by atomic mass is 10.1. The van der Waals surface area contributed by atoms with Gasteiger partial charge in [-0.3, -0.25) is 14.4 Å². The molecule has 21 heavy (non-hydrogen) atoms. The Bertz CT molecular complexity index is 401. The first-order valence-electron chi connectivity index (χ1n) is 7.60. The minimum atomic E-state index is -0.289. The van der Waals surface area contributed by atoms with Crippen LogP contribution in [0.15, 0.2) is 0 Å². The normalized spacial score (nSPS) is 18.8. The number of rotatable bonds is 6. The van der Waals surface area contributed by atoms with Gasteiger partial charge in [0.1, 0.15) is 0 Å². The summed E-state index contributed by atoms with van der Waals surface area (Å²) in [6.07, 6.45) is 1.59. The second-order valence-electron chi connectivity index (χ2n) is 6.47. The molecule has 1 unspecified atom stereocenters. The van der Waals surface area contributed by atoms with Crippen molar-refractivity contribution in [2.45, 2.75) is 52.5 Å². The molecule has 1 saturated heterocycles. The number of amides is 3. The monoisotopic (exact) mass is 297 g/mol. The Balaban J connectivity index is 2.31.